The minimum absolute atomic E-state index is 0.0558. The predicted octanol–water partition coefficient (Wildman–Crippen LogP) is -2.42. The Morgan fingerprint density at radius 2 is 2.08 bits per heavy atom. The Morgan fingerprint density at radius 3 is 2.08 bits per heavy atom. The van der Waals surface area contributed by atoms with Crippen LogP contribution >= 0.6 is 0 Å². The van der Waals surface area contributed by atoms with Crippen LogP contribution in [-0.4, -0.2) is 48.1 Å². The van der Waals surface area contributed by atoms with Gasteiger partial charge in [-0.15, -0.1) is 0 Å². The second-order valence-electron chi connectivity index (χ2n) is 3.20. The fraction of sp³-hybridized carbons (Fsp3) is 0.667. The Morgan fingerprint density at radius 1 is 1.58 bits per heavy atom. The molecule has 0 aromatic rings. The molecule has 6 heteroatoms. The van der Waals surface area contributed by atoms with Crippen molar-refractivity contribution in [3.8, 4) is 0 Å². The molecule has 1 aliphatic heterocycles. The third kappa shape index (κ3) is 0.759. The number of carbonyl (C=O) groups excluding carboxylic acids is 1. The molecule has 1 aliphatic rings. The predicted molar refractivity (Wildman–Crippen MR) is 33.4 cm³/mol. The number of ether oxygens (including phenoxy) is 1. The second kappa shape index (κ2) is 2.18. The van der Waals surface area contributed by atoms with Gasteiger partial charge in [-0.25, -0.2) is 4.79 Å². The number of carboxylic acid groups (broad SMARTS) is 2. The molecule has 0 aromatic carbocycles. The highest BCUT2D eigenvalue weighted by Crippen LogP contribution is 2.32. The topological polar surface area (TPSA) is 86.7 Å². The Kier molecular flexibility index (Phi) is 1.62. The maximum Gasteiger partial charge on any atom is 0.402 e. The summed E-state index contributed by atoms with van der Waals surface area (Å²) in [7, 11) is 2.90. The van der Waals surface area contributed by atoms with Gasteiger partial charge in [-0.05, 0) is 0 Å². The van der Waals surface area contributed by atoms with Crippen molar-refractivity contribution < 1.29 is 29.0 Å². The molecule has 1 N–H and O–H groups in total. The number of hydrogen-bond donors (Lipinski definition) is 1. The number of aliphatic carboxylic acids is 2. The zero-order valence-corrected chi connectivity index (χ0v) is 6.73. The fourth-order valence-electron chi connectivity index (χ4n) is 1.17. The average Bonchev–Trinajstić information content (AvgIpc) is 1.84. The van der Waals surface area contributed by atoms with E-state index in [0.29, 0.717) is 0 Å². The van der Waals surface area contributed by atoms with Crippen LogP contribution < -0.4 is 5.11 Å². The average molecular weight is 175 g/mol. The first-order chi connectivity index (χ1) is 5.34. The Hall–Kier alpha value is -1.14. The number of carbonyl (C=O) groups is 2. The molecule has 0 spiro atoms. The van der Waals surface area contributed by atoms with Crippen molar-refractivity contribution in [3.05, 3.63) is 0 Å². The van der Waals surface area contributed by atoms with E-state index in [1.54, 1.807) is 0 Å². The molecule has 6 nitrogen and oxygen atoms in total. The molecule has 0 amide bonds. The van der Waals surface area contributed by atoms with Crippen LogP contribution in [0.25, 0.3) is 0 Å². The lowest BCUT2D eigenvalue weighted by Gasteiger charge is -2.52. The van der Waals surface area contributed by atoms with Crippen LogP contribution in [0.5, 0.6) is 0 Å². The van der Waals surface area contributed by atoms with E-state index < -0.39 is 17.7 Å². The van der Waals surface area contributed by atoms with Crippen molar-refractivity contribution in [1.82, 2.24) is 0 Å². The van der Waals surface area contributed by atoms with E-state index in [2.05, 4.69) is 4.74 Å². The molecule has 0 aromatic heterocycles. The molecule has 1 heterocycles. The van der Waals surface area contributed by atoms with E-state index >= 15 is 0 Å². The van der Waals surface area contributed by atoms with Gasteiger partial charge in [0.25, 0.3) is 0 Å². The number of hydrogen-bond acceptors (Lipinski definition) is 4. The number of quaternary nitrogens is 1. The van der Waals surface area contributed by atoms with Crippen LogP contribution in [0.2, 0.25) is 0 Å². The molecule has 1 saturated heterocycles. The van der Waals surface area contributed by atoms with Gasteiger partial charge in [0.05, 0.1) is 14.1 Å². The highest BCUT2D eigenvalue weighted by Gasteiger charge is 2.65. The number of likely N-dealkylation sites (N-methyl/N-ethyl adjacent to an activating group) is 1. The van der Waals surface area contributed by atoms with Crippen LogP contribution in [0.1, 0.15) is 0 Å². The summed E-state index contributed by atoms with van der Waals surface area (Å²) < 4.78 is 4.31. The molecule has 68 valence electrons. The molecule has 0 saturated carbocycles. The summed E-state index contributed by atoms with van der Waals surface area (Å²) in [4.78, 5) is 21.1. The van der Waals surface area contributed by atoms with Crippen molar-refractivity contribution in [3.63, 3.8) is 0 Å². The van der Waals surface area contributed by atoms with Gasteiger partial charge in [-0.2, -0.15) is 0 Å². The van der Waals surface area contributed by atoms with Gasteiger partial charge < -0.3 is 15.0 Å². The maximum atomic E-state index is 10.6. The molecule has 1 atom stereocenters. The third-order valence-electron chi connectivity index (χ3n) is 2.02. The minimum Gasteiger partial charge on any atom is -0.541 e. The molecular formula is C6H9NO5. The normalized spacial score (nSPS) is 32.2. The van der Waals surface area contributed by atoms with Gasteiger partial charge in [-0.3, -0.25) is 9.22 Å². The van der Waals surface area contributed by atoms with E-state index in [0.717, 1.165) is 0 Å². The zero-order chi connectivity index (χ0) is 9.57. The van der Waals surface area contributed by atoms with E-state index in [9.17, 15) is 14.7 Å². The zero-order valence-electron chi connectivity index (χ0n) is 6.73. The number of carboxylic acids is 2. The van der Waals surface area contributed by atoms with Crippen LogP contribution in [0.3, 0.4) is 0 Å². The summed E-state index contributed by atoms with van der Waals surface area (Å²) in [6.07, 6.45) is 0. The fourth-order valence-corrected chi connectivity index (χ4v) is 1.17. The molecule has 0 radical (unpaired) electrons. The van der Waals surface area contributed by atoms with Crippen molar-refractivity contribution in [2.45, 2.75) is 5.72 Å². The second-order valence-corrected chi connectivity index (χ2v) is 3.20. The Bertz CT molecular complexity index is 232. The largest absolute Gasteiger partial charge is 0.541 e. The minimum atomic E-state index is -2.22. The van der Waals surface area contributed by atoms with Gasteiger partial charge >= 0.3 is 11.7 Å². The Labute approximate surface area is 68.6 Å². The summed E-state index contributed by atoms with van der Waals surface area (Å²) in [6, 6.07) is 0. The van der Waals surface area contributed by atoms with Gasteiger partial charge in [0.1, 0.15) is 5.97 Å². The van der Waals surface area contributed by atoms with E-state index in [4.69, 9.17) is 5.11 Å². The SMILES string of the molecule is C[N+]1(C)COC1(C(=O)[O-])C(=O)O. The molecule has 12 heavy (non-hydrogen) atoms. The van der Waals surface area contributed by atoms with E-state index in [-0.39, 0.29) is 11.2 Å². The molecule has 1 fully saturated rings. The molecule has 1 rings (SSSR count). The smallest absolute Gasteiger partial charge is 0.402 e. The first-order valence-corrected chi connectivity index (χ1v) is 3.26. The third-order valence-corrected chi connectivity index (χ3v) is 2.02. The lowest BCUT2D eigenvalue weighted by molar-refractivity contribution is -1.03. The van der Waals surface area contributed by atoms with Crippen LogP contribution in [0, 0.1) is 0 Å². The quantitative estimate of drug-likeness (QED) is 0.373. The van der Waals surface area contributed by atoms with Crippen LogP contribution in [0.15, 0.2) is 0 Å². The van der Waals surface area contributed by atoms with E-state index in [1.165, 1.54) is 14.1 Å². The summed E-state index contributed by atoms with van der Waals surface area (Å²) in [6.45, 7) is 0.0558. The van der Waals surface area contributed by atoms with Crippen molar-refractivity contribution in [1.29, 1.82) is 0 Å². The van der Waals surface area contributed by atoms with Crippen LogP contribution in [-0.2, 0) is 14.3 Å². The number of rotatable bonds is 2. The van der Waals surface area contributed by atoms with Crippen molar-refractivity contribution >= 4 is 11.9 Å². The van der Waals surface area contributed by atoms with Gasteiger partial charge in [0.15, 0.2) is 6.73 Å². The highest BCUT2D eigenvalue weighted by atomic mass is 16.6. The molecule has 0 bridgehead atoms. The first kappa shape index (κ1) is 8.95. The van der Waals surface area contributed by atoms with Gasteiger partial charge in [-0.1, -0.05) is 0 Å². The summed E-state index contributed by atoms with van der Waals surface area (Å²) >= 11 is 0. The molecule has 0 aliphatic carbocycles. The summed E-state index contributed by atoms with van der Waals surface area (Å²) in [5.41, 5.74) is -2.22. The van der Waals surface area contributed by atoms with Gasteiger partial charge in [0, 0.05) is 0 Å². The maximum absolute atomic E-state index is 10.6. The Balaban J connectivity index is 3.06. The monoisotopic (exact) mass is 175 g/mol. The lowest BCUT2D eigenvalue weighted by atomic mass is 10.1. The van der Waals surface area contributed by atoms with Crippen molar-refractivity contribution in [2.24, 2.45) is 0 Å². The molecule has 1 unspecified atom stereocenters. The summed E-state index contributed by atoms with van der Waals surface area (Å²) in [5, 5.41) is 19.2. The van der Waals surface area contributed by atoms with Gasteiger partial charge in [0.2, 0.25) is 0 Å². The summed E-state index contributed by atoms with van der Waals surface area (Å²) in [5.74, 6) is -3.25. The van der Waals surface area contributed by atoms with E-state index in [1.807, 2.05) is 0 Å². The first-order valence-electron chi connectivity index (χ1n) is 3.26. The highest BCUT2D eigenvalue weighted by molar-refractivity contribution is 5.99. The van der Waals surface area contributed by atoms with Crippen LogP contribution in [0.4, 0.5) is 0 Å². The van der Waals surface area contributed by atoms with Crippen molar-refractivity contribution in [2.75, 3.05) is 20.8 Å². The lowest BCUT2D eigenvalue weighted by Crippen LogP contribution is -2.81. The number of nitrogens with zero attached hydrogens (tertiary/aromatic N) is 1. The standard InChI is InChI=1S/C6H9NO5/c1-7(2)3-12-6(7,4(8)9)5(10)11/h3H2,1-2H3,(H-,8,9,10,11). The molecular weight excluding hydrogens is 166 g/mol.